The molecule has 2 rings (SSSR count). The van der Waals surface area contributed by atoms with Crippen LogP contribution in [0.1, 0.15) is 32.3 Å². The quantitative estimate of drug-likeness (QED) is 0.396. The van der Waals surface area contributed by atoms with Crippen molar-refractivity contribution in [2.45, 2.75) is 39.3 Å². The molecule has 204 valence electrons. The van der Waals surface area contributed by atoms with E-state index < -0.39 is 28.5 Å². The van der Waals surface area contributed by atoms with Crippen molar-refractivity contribution in [2.75, 3.05) is 45.0 Å². The summed E-state index contributed by atoms with van der Waals surface area (Å²) in [5.74, 6) is 0.481. The predicted molar refractivity (Wildman–Crippen MR) is 143 cm³/mol. The molecule has 0 radical (unpaired) electrons. The van der Waals surface area contributed by atoms with Gasteiger partial charge < -0.3 is 24.4 Å². The maximum absolute atomic E-state index is 13.8. The van der Waals surface area contributed by atoms with Gasteiger partial charge in [-0.25, -0.2) is 8.42 Å². The smallest absolute Gasteiger partial charge is 0.244 e. The molecule has 0 saturated carbocycles. The summed E-state index contributed by atoms with van der Waals surface area (Å²) >= 11 is 0. The van der Waals surface area contributed by atoms with Crippen LogP contribution in [0.2, 0.25) is 0 Å². The number of hydrogen-bond donors (Lipinski definition) is 1. The molecule has 0 aliphatic carbocycles. The first kappa shape index (κ1) is 29.8. The van der Waals surface area contributed by atoms with E-state index in [0.29, 0.717) is 24.5 Å². The second kappa shape index (κ2) is 13.7. The van der Waals surface area contributed by atoms with Gasteiger partial charge in [-0.15, -0.1) is 0 Å². The second-order valence-corrected chi connectivity index (χ2v) is 10.3. The van der Waals surface area contributed by atoms with Gasteiger partial charge in [0.05, 0.1) is 33.3 Å². The fraction of sp³-hybridized carbons (Fsp3) is 0.462. The van der Waals surface area contributed by atoms with Crippen molar-refractivity contribution >= 4 is 27.5 Å². The van der Waals surface area contributed by atoms with Crippen LogP contribution in [0, 0.1) is 0 Å². The molecule has 0 aromatic heterocycles. The van der Waals surface area contributed by atoms with E-state index in [0.717, 1.165) is 22.5 Å². The van der Waals surface area contributed by atoms with E-state index in [-0.39, 0.29) is 23.9 Å². The Morgan fingerprint density at radius 2 is 1.57 bits per heavy atom. The van der Waals surface area contributed by atoms with Crippen LogP contribution < -0.4 is 23.8 Å². The monoisotopic (exact) mass is 535 g/mol. The number of hydrogen-bond acceptors (Lipinski definition) is 7. The van der Waals surface area contributed by atoms with Gasteiger partial charge in [0, 0.05) is 19.2 Å². The highest BCUT2D eigenvalue weighted by molar-refractivity contribution is 7.92. The van der Waals surface area contributed by atoms with Crippen molar-refractivity contribution in [3.63, 3.8) is 0 Å². The van der Waals surface area contributed by atoms with Gasteiger partial charge in [0.15, 0.2) is 0 Å². The third-order valence-corrected chi connectivity index (χ3v) is 6.91. The molecule has 1 N–H and O–H groups in total. The predicted octanol–water partition coefficient (Wildman–Crippen LogP) is 2.81. The van der Waals surface area contributed by atoms with Crippen LogP contribution >= 0.6 is 0 Å². The molecule has 2 amide bonds. The third kappa shape index (κ3) is 8.01. The van der Waals surface area contributed by atoms with E-state index in [1.165, 1.54) is 25.2 Å². The third-order valence-electron chi connectivity index (χ3n) is 5.78. The van der Waals surface area contributed by atoms with E-state index in [9.17, 15) is 18.0 Å². The van der Waals surface area contributed by atoms with Crippen LogP contribution in [-0.4, -0.2) is 71.8 Å². The number of rotatable bonds is 14. The van der Waals surface area contributed by atoms with Gasteiger partial charge in [0.2, 0.25) is 21.8 Å². The number of methoxy groups -OCH3 is 3. The molecule has 0 heterocycles. The Morgan fingerprint density at radius 3 is 2.08 bits per heavy atom. The molecule has 1 atom stereocenters. The van der Waals surface area contributed by atoms with Crippen molar-refractivity contribution in [2.24, 2.45) is 0 Å². The summed E-state index contributed by atoms with van der Waals surface area (Å²) < 4.78 is 42.5. The molecule has 0 bridgehead atoms. The SMILES string of the molecule is CCCNC(=O)[C@@H](CC)N(Cc1ccc(OC)cc1)C(=O)CN(c1cc(OC)ccc1OC)S(C)(=O)=O. The lowest BCUT2D eigenvalue weighted by atomic mass is 10.1. The molecule has 0 aliphatic rings. The maximum Gasteiger partial charge on any atom is 0.244 e. The van der Waals surface area contributed by atoms with Gasteiger partial charge in [-0.05, 0) is 42.7 Å². The van der Waals surface area contributed by atoms with Crippen LogP contribution in [-0.2, 0) is 26.2 Å². The molecule has 0 spiro atoms. The number of carbonyl (C=O) groups is 2. The fourth-order valence-corrected chi connectivity index (χ4v) is 4.64. The van der Waals surface area contributed by atoms with Gasteiger partial charge in [0.25, 0.3) is 0 Å². The van der Waals surface area contributed by atoms with E-state index in [4.69, 9.17) is 14.2 Å². The van der Waals surface area contributed by atoms with Crippen LogP contribution in [0.5, 0.6) is 17.2 Å². The average Bonchev–Trinajstić information content (AvgIpc) is 2.89. The topological polar surface area (TPSA) is 114 Å². The number of benzene rings is 2. The van der Waals surface area contributed by atoms with Crippen molar-refractivity contribution in [1.82, 2.24) is 10.2 Å². The average molecular weight is 536 g/mol. The van der Waals surface area contributed by atoms with Crippen LogP contribution in [0.3, 0.4) is 0 Å². The second-order valence-electron chi connectivity index (χ2n) is 8.39. The van der Waals surface area contributed by atoms with Gasteiger partial charge in [0.1, 0.15) is 29.8 Å². The largest absolute Gasteiger partial charge is 0.497 e. The van der Waals surface area contributed by atoms with Gasteiger partial charge in [-0.2, -0.15) is 0 Å². The highest BCUT2D eigenvalue weighted by Gasteiger charge is 2.32. The number of amides is 2. The van der Waals surface area contributed by atoms with Crippen LogP contribution in [0.15, 0.2) is 42.5 Å². The summed E-state index contributed by atoms with van der Waals surface area (Å²) in [6.45, 7) is 3.79. The minimum atomic E-state index is -3.92. The zero-order valence-corrected chi connectivity index (χ0v) is 23.1. The minimum absolute atomic E-state index is 0.105. The summed E-state index contributed by atoms with van der Waals surface area (Å²) in [6, 6.07) is 11.0. The Labute approximate surface area is 219 Å². The Balaban J connectivity index is 2.50. The Hall–Kier alpha value is -3.47. The summed E-state index contributed by atoms with van der Waals surface area (Å²) in [6.07, 6.45) is 2.10. The van der Waals surface area contributed by atoms with Gasteiger partial charge in [-0.3, -0.25) is 13.9 Å². The molecule has 0 fully saturated rings. The lowest BCUT2D eigenvalue weighted by Gasteiger charge is -2.33. The standard InChI is InChI=1S/C26H37N3O7S/c1-7-15-27-26(31)22(8-2)28(17-19-9-11-20(34-3)12-10-19)25(30)18-29(37(6,32)33)23-16-21(35-4)13-14-24(23)36-5/h9-14,16,22H,7-8,15,17-18H2,1-6H3,(H,27,31)/t22-/m1/s1. The number of anilines is 1. The zero-order chi connectivity index (χ0) is 27.6. The minimum Gasteiger partial charge on any atom is -0.497 e. The zero-order valence-electron chi connectivity index (χ0n) is 22.3. The van der Waals surface area contributed by atoms with E-state index in [1.54, 1.807) is 43.5 Å². The Bertz CT molecular complexity index is 1150. The van der Waals surface area contributed by atoms with Crippen molar-refractivity contribution in [1.29, 1.82) is 0 Å². The molecular weight excluding hydrogens is 498 g/mol. The number of ether oxygens (including phenoxy) is 3. The summed E-state index contributed by atoms with van der Waals surface area (Å²) in [5.41, 5.74) is 0.923. The molecule has 37 heavy (non-hydrogen) atoms. The van der Waals surface area contributed by atoms with Gasteiger partial charge in [-0.1, -0.05) is 26.0 Å². The van der Waals surface area contributed by atoms with Crippen molar-refractivity contribution < 1.29 is 32.2 Å². The highest BCUT2D eigenvalue weighted by Crippen LogP contribution is 2.34. The van der Waals surface area contributed by atoms with E-state index in [2.05, 4.69) is 5.32 Å². The maximum atomic E-state index is 13.8. The van der Waals surface area contributed by atoms with Crippen LogP contribution in [0.25, 0.3) is 0 Å². The van der Waals surface area contributed by atoms with E-state index in [1.807, 2.05) is 13.8 Å². The molecule has 2 aromatic carbocycles. The molecule has 2 aromatic rings. The first-order valence-electron chi connectivity index (χ1n) is 12.0. The van der Waals surface area contributed by atoms with Crippen molar-refractivity contribution in [3.8, 4) is 17.2 Å². The summed E-state index contributed by atoms with van der Waals surface area (Å²) in [7, 11) is 0.507. The Morgan fingerprint density at radius 1 is 0.946 bits per heavy atom. The number of nitrogens with one attached hydrogen (secondary N) is 1. The normalized spacial score (nSPS) is 11.8. The van der Waals surface area contributed by atoms with E-state index >= 15 is 0 Å². The molecular formula is C26H37N3O7S. The number of sulfonamides is 1. The lowest BCUT2D eigenvalue weighted by Crippen LogP contribution is -2.52. The Kier molecular flexibility index (Phi) is 11.0. The summed E-state index contributed by atoms with van der Waals surface area (Å²) in [4.78, 5) is 28.2. The first-order valence-corrected chi connectivity index (χ1v) is 13.8. The highest BCUT2D eigenvalue weighted by atomic mass is 32.2. The molecule has 10 nitrogen and oxygen atoms in total. The molecule has 0 saturated heterocycles. The lowest BCUT2D eigenvalue weighted by molar-refractivity contribution is -0.140. The number of nitrogens with zero attached hydrogens (tertiary/aromatic N) is 2. The first-order chi connectivity index (χ1) is 17.6. The fourth-order valence-electron chi connectivity index (χ4n) is 3.80. The van der Waals surface area contributed by atoms with Gasteiger partial charge >= 0.3 is 0 Å². The molecule has 11 heteroatoms. The van der Waals surface area contributed by atoms with Crippen LogP contribution in [0.4, 0.5) is 5.69 Å². The molecule has 0 unspecified atom stereocenters. The van der Waals surface area contributed by atoms with Crippen molar-refractivity contribution in [3.05, 3.63) is 48.0 Å². The number of carbonyl (C=O) groups excluding carboxylic acids is 2. The summed E-state index contributed by atoms with van der Waals surface area (Å²) in [5, 5.41) is 2.85. The molecule has 0 aliphatic heterocycles.